The van der Waals surface area contributed by atoms with Crippen LogP contribution in [0, 0.1) is 11.3 Å². The third-order valence-corrected chi connectivity index (χ3v) is 7.55. The molecule has 0 atom stereocenters. The Morgan fingerprint density at radius 2 is 1.57 bits per heavy atom. The molecule has 2 fully saturated rings. The Labute approximate surface area is 130 Å². The fraction of sp³-hybridized carbons (Fsp3) is 0.882. The van der Waals surface area contributed by atoms with Crippen LogP contribution < -0.4 is 0 Å². The van der Waals surface area contributed by atoms with E-state index in [4.69, 9.17) is 4.18 Å². The third kappa shape index (κ3) is 4.10. The second-order valence-corrected chi connectivity index (χ2v) is 9.59. The van der Waals surface area contributed by atoms with E-state index in [1.807, 2.05) is 13.0 Å². The first kappa shape index (κ1) is 17.0. The van der Waals surface area contributed by atoms with E-state index >= 15 is 0 Å². The van der Waals surface area contributed by atoms with Gasteiger partial charge in [0, 0.05) is 0 Å². The van der Waals surface area contributed by atoms with Crippen molar-refractivity contribution in [2.45, 2.75) is 83.0 Å². The molecule has 4 heteroatoms. The largest absolute Gasteiger partial charge is 0.270 e. The van der Waals surface area contributed by atoms with Crippen LogP contribution in [0.5, 0.6) is 0 Å². The van der Waals surface area contributed by atoms with E-state index in [-0.39, 0.29) is 10.7 Å². The summed E-state index contributed by atoms with van der Waals surface area (Å²) in [7, 11) is -3.45. The van der Waals surface area contributed by atoms with E-state index in [0.717, 1.165) is 38.5 Å². The smallest absolute Gasteiger partial charge is 0.264 e. The maximum Gasteiger partial charge on any atom is 0.270 e. The first-order chi connectivity index (χ1) is 9.68. The van der Waals surface area contributed by atoms with Crippen LogP contribution in [-0.2, 0) is 14.3 Å². The van der Waals surface area contributed by atoms with E-state index in [2.05, 4.69) is 20.4 Å². The number of rotatable bonds is 4. The molecular formula is C17H30O3S. The summed E-state index contributed by atoms with van der Waals surface area (Å²) >= 11 is 0. The predicted molar refractivity (Wildman–Crippen MR) is 86.6 cm³/mol. The van der Waals surface area contributed by atoms with Gasteiger partial charge in [-0.15, -0.1) is 6.58 Å². The van der Waals surface area contributed by atoms with Gasteiger partial charge in [-0.1, -0.05) is 19.9 Å². The van der Waals surface area contributed by atoms with Crippen LogP contribution in [0.25, 0.3) is 0 Å². The van der Waals surface area contributed by atoms with Crippen molar-refractivity contribution in [3.63, 3.8) is 0 Å². The second kappa shape index (κ2) is 6.04. The Morgan fingerprint density at radius 3 is 2.05 bits per heavy atom. The van der Waals surface area contributed by atoms with Crippen LogP contribution in [0.3, 0.4) is 0 Å². The maximum absolute atomic E-state index is 12.6. The minimum Gasteiger partial charge on any atom is -0.264 e. The van der Waals surface area contributed by atoms with Gasteiger partial charge < -0.3 is 0 Å². The quantitative estimate of drug-likeness (QED) is 0.569. The highest BCUT2D eigenvalue weighted by atomic mass is 32.2. The normalized spacial score (nSPS) is 41.7. The van der Waals surface area contributed by atoms with Gasteiger partial charge in [-0.2, -0.15) is 8.42 Å². The molecule has 0 spiro atoms. The molecule has 122 valence electrons. The lowest BCUT2D eigenvalue weighted by atomic mass is 9.76. The summed E-state index contributed by atoms with van der Waals surface area (Å²) in [5.74, 6) is 0.687. The molecule has 2 rings (SSSR count). The monoisotopic (exact) mass is 314 g/mol. The molecule has 0 saturated heterocycles. The van der Waals surface area contributed by atoms with Gasteiger partial charge in [-0.25, -0.2) is 0 Å². The Bertz CT molecular complexity index is 464. The van der Waals surface area contributed by atoms with Gasteiger partial charge in [0.2, 0.25) is 0 Å². The van der Waals surface area contributed by atoms with Gasteiger partial charge in [-0.3, -0.25) is 4.18 Å². The van der Waals surface area contributed by atoms with E-state index in [0.29, 0.717) is 18.8 Å². The summed E-state index contributed by atoms with van der Waals surface area (Å²) in [6.45, 7) is 10.2. The lowest BCUT2D eigenvalue weighted by molar-refractivity contribution is 0.0394. The molecule has 2 aliphatic rings. The van der Waals surface area contributed by atoms with E-state index < -0.39 is 15.7 Å². The summed E-state index contributed by atoms with van der Waals surface area (Å²) in [5, 5.41) is -0.332. The molecule has 0 aromatic rings. The van der Waals surface area contributed by atoms with Crippen molar-refractivity contribution in [3.05, 3.63) is 12.7 Å². The molecule has 2 saturated carbocycles. The number of allylic oxidation sites excluding steroid dienone is 1. The van der Waals surface area contributed by atoms with Crippen molar-refractivity contribution >= 4 is 10.1 Å². The molecule has 21 heavy (non-hydrogen) atoms. The summed E-state index contributed by atoms with van der Waals surface area (Å²) in [6.07, 6.45) is 8.95. The lowest BCUT2D eigenvalue weighted by Gasteiger charge is -2.39. The van der Waals surface area contributed by atoms with Gasteiger partial charge in [0.25, 0.3) is 10.1 Å². The Morgan fingerprint density at radius 1 is 1.05 bits per heavy atom. The molecule has 0 amide bonds. The van der Waals surface area contributed by atoms with Crippen molar-refractivity contribution < 1.29 is 12.6 Å². The van der Waals surface area contributed by atoms with Crippen molar-refractivity contribution in [2.75, 3.05) is 0 Å². The summed E-state index contributed by atoms with van der Waals surface area (Å²) in [5.41, 5.74) is -0.388. The van der Waals surface area contributed by atoms with Gasteiger partial charge >= 0.3 is 0 Å². The zero-order chi connectivity index (χ0) is 15.7. The average Bonchev–Trinajstić information content (AvgIpc) is 2.42. The maximum atomic E-state index is 12.6. The lowest BCUT2D eigenvalue weighted by Crippen LogP contribution is -2.40. The molecule has 0 aliphatic heterocycles. The van der Waals surface area contributed by atoms with Gasteiger partial charge in [0.15, 0.2) is 0 Å². The standard InChI is InChI=1S/C17H30O3S/c1-5-16(3)10-8-15(9-11-16)21(18,19)20-17(4)12-6-14(2)7-13-17/h5,14-15H,1,6-13H2,2-4H3. The molecule has 0 aromatic heterocycles. The first-order valence-corrected chi connectivity index (χ1v) is 9.73. The molecule has 0 unspecified atom stereocenters. The van der Waals surface area contributed by atoms with Gasteiger partial charge in [0.1, 0.15) is 0 Å². The minimum absolute atomic E-state index is 0.0934. The molecule has 3 nitrogen and oxygen atoms in total. The van der Waals surface area contributed by atoms with Crippen molar-refractivity contribution in [1.29, 1.82) is 0 Å². The summed E-state index contributed by atoms with van der Waals surface area (Å²) in [6, 6.07) is 0. The predicted octanol–water partition coefficient (Wildman–Crippen LogP) is 4.44. The molecular weight excluding hydrogens is 284 g/mol. The minimum atomic E-state index is -3.45. The fourth-order valence-electron chi connectivity index (χ4n) is 3.55. The first-order valence-electron chi connectivity index (χ1n) is 8.26. The Kier molecular flexibility index (Phi) is 4.89. The van der Waals surface area contributed by atoms with Crippen molar-refractivity contribution in [3.8, 4) is 0 Å². The van der Waals surface area contributed by atoms with E-state index in [1.165, 1.54) is 0 Å². The SMILES string of the molecule is C=CC1(C)CCC(S(=O)(=O)OC2(C)CCC(C)CC2)CC1. The zero-order valence-corrected chi connectivity index (χ0v) is 14.5. The van der Waals surface area contributed by atoms with E-state index in [9.17, 15) is 8.42 Å². The topological polar surface area (TPSA) is 43.4 Å². The van der Waals surface area contributed by atoms with Crippen LogP contribution >= 0.6 is 0 Å². The molecule has 0 N–H and O–H groups in total. The van der Waals surface area contributed by atoms with Gasteiger partial charge in [-0.05, 0) is 69.6 Å². The fourth-order valence-corrected chi connectivity index (χ4v) is 5.22. The third-order valence-electron chi connectivity index (χ3n) is 5.63. The molecule has 0 bridgehead atoms. The van der Waals surface area contributed by atoms with Gasteiger partial charge in [0.05, 0.1) is 10.9 Å². The Hall–Kier alpha value is -0.350. The van der Waals surface area contributed by atoms with E-state index in [1.54, 1.807) is 0 Å². The van der Waals surface area contributed by atoms with Crippen molar-refractivity contribution in [1.82, 2.24) is 0 Å². The summed E-state index contributed by atoms with van der Waals surface area (Å²) < 4.78 is 30.9. The average molecular weight is 314 g/mol. The van der Waals surface area contributed by atoms with Crippen LogP contribution in [0.4, 0.5) is 0 Å². The van der Waals surface area contributed by atoms with Crippen LogP contribution in [0.2, 0.25) is 0 Å². The highest BCUT2D eigenvalue weighted by Gasteiger charge is 2.41. The Balaban J connectivity index is 1.98. The van der Waals surface area contributed by atoms with Crippen LogP contribution in [0.1, 0.15) is 72.1 Å². The molecule has 2 aliphatic carbocycles. The highest BCUT2D eigenvalue weighted by Crippen LogP contribution is 2.41. The molecule has 0 heterocycles. The highest BCUT2D eigenvalue weighted by molar-refractivity contribution is 7.87. The molecule has 0 radical (unpaired) electrons. The molecule has 0 aromatic carbocycles. The summed E-state index contributed by atoms with van der Waals surface area (Å²) in [4.78, 5) is 0. The van der Waals surface area contributed by atoms with Crippen molar-refractivity contribution in [2.24, 2.45) is 11.3 Å². The van der Waals surface area contributed by atoms with Crippen LogP contribution in [-0.4, -0.2) is 19.3 Å². The number of hydrogen-bond donors (Lipinski definition) is 0. The number of hydrogen-bond acceptors (Lipinski definition) is 3. The second-order valence-electron chi connectivity index (χ2n) is 7.77. The zero-order valence-electron chi connectivity index (χ0n) is 13.7. The van der Waals surface area contributed by atoms with Crippen LogP contribution in [0.15, 0.2) is 12.7 Å².